The first-order valence-electron chi connectivity index (χ1n) is 4.34. The van der Waals surface area contributed by atoms with E-state index in [0.717, 1.165) is 12.1 Å². The first-order valence-corrected chi connectivity index (χ1v) is 7.96. The van der Waals surface area contributed by atoms with E-state index in [2.05, 4.69) is 13.2 Å². The van der Waals surface area contributed by atoms with E-state index in [1.807, 2.05) is 11.8 Å². The summed E-state index contributed by atoms with van der Waals surface area (Å²) in [5.41, 5.74) is 0. The topological polar surface area (TPSA) is 18.5 Å². The van der Waals surface area contributed by atoms with Crippen LogP contribution in [0.1, 0.15) is 13.3 Å². The fraction of sp³-hybridized carbons (Fsp3) is 1.00. The molecule has 0 N–H and O–H groups in total. The first kappa shape index (κ1) is 12.5. The molecule has 0 amide bonds. The highest BCUT2D eigenvalue weighted by molar-refractivity contribution is 7.98. The first-order chi connectivity index (χ1) is 5.74. The van der Waals surface area contributed by atoms with Crippen molar-refractivity contribution >= 4 is 20.3 Å². The van der Waals surface area contributed by atoms with E-state index in [9.17, 15) is 0 Å². The third kappa shape index (κ3) is 3.94. The van der Waals surface area contributed by atoms with Crippen LogP contribution in [-0.4, -0.2) is 34.8 Å². The van der Waals surface area contributed by atoms with Crippen molar-refractivity contribution in [3.8, 4) is 0 Å². The van der Waals surface area contributed by atoms with Gasteiger partial charge in [-0.15, -0.1) is 0 Å². The van der Waals surface area contributed by atoms with Crippen molar-refractivity contribution < 1.29 is 8.85 Å². The minimum absolute atomic E-state index is 1.05. The second-order valence-electron chi connectivity index (χ2n) is 2.77. The van der Waals surface area contributed by atoms with Crippen molar-refractivity contribution in [3.05, 3.63) is 0 Å². The molecule has 0 aromatic heterocycles. The van der Waals surface area contributed by atoms with Gasteiger partial charge in [0.05, 0.1) is 0 Å². The molecule has 0 fully saturated rings. The molecule has 0 saturated heterocycles. The summed E-state index contributed by atoms with van der Waals surface area (Å²) in [5, 5.41) is 0. The Morgan fingerprint density at radius 2 is 1.83 bits per heavy atom. The Balaban J connectivity index is 3.76. The van der Waals surface area contributed by atoms with Gasteiger partial charge in [-0.3, -0.25) is 0 Å². The van der Waals surface area contributed by atoms with E-state index < -0.39 is 8.56 Å². The molecule has 74 valence electrons. The van der Waals surface area contributed by atoms with Crippen molar-refractivity contribution in [2.75, 3.05) is 26.2 Å². The lowest BCUT2D eigenvalue weighted by Crippen LogP contribution is -2.39. The molecule has 0 aromatic carbocycles. The van der Waals surface area contributed by atoms with Gasteiger partial charge in [0.2, 0.25) is 0 Å². The Morgan fingerprint density at radius 1 is 1.25 bits per heavy atom. The zero-order chi connectivity index (χ0) is 9.45. The second-order valence-corrected chi connectivity index (χ2v) is 7.60. The van der Waals surface area contributed by atoms with Gasteiger partial charge in [-0.05, 0) is 30.5 Å². The Kier molecular flexibility index (Phi) is 7.23. The molecule has 2 nitrogen and oxygen atoms in total. The van der Waals surface area contributed by atoms with Crippen LogP contribution in [-0.2, 0) is 8.85 Å². The van der Waals surface area contributed by atoms with Crippen molar-refractivity contribution in [3.63, 3.8) is 0 Å². The highest BCUT2D eigenvalue weighted by Gasteiger charge is 2.32. The predicted octanol–water partition coefficient (Wildman–Crippen LogP) is 2.49. The number of hydrogen-bond donors (Lipinski definition) is 0. The fourth-order valence-electron chi connectivity index (χ4n) is 1.24. The van der Waals surface area contributed by atoms with Crippen LogP contribution >= 0.6 is 11.8 Å². The van der Waals surface area contributed by atoms with Crippen LogP contribution in [0.15, 0.2) is 0 Å². The summed E-state index contributed by atoms with van der Waals surface area (Å²) in [6.07, 6.45) is 3.34. The highest BCUT2D eigenvalue weighted by atomic mass is 32.2. The molecule has 4 heteroatoms. The fourth-order valence-corrected chi connectivity index (χ4v) is 4.15. The Labute approximate surface area is 81.3 Å². The molecule has 0 heterocycles. The molecule has 0 aromatic rings. The van der Waals surface area contributed by atoms with Crippen LogP contribution in [0.2, 0.25) is 12.1 Å². The van der Waals surface area contributed by atoms with Crippen molar-refractivity contribution in [2.24, 2.45) is 0 Å². The standard InChI is InChI=1S/C8H20O2SSi/c1-5-12(9-2,10-3)8-6-7-11-4/h5-8H2,1-4H3. The van der Waals surface area contributed by atoms with Gasteiger partial charge in [0.15, 0.2) is 0 Å². The van der Waals surface area contributed by atoms with Gasteiger partial charge in [-0.2, -0.15) is 11.8 Å². The van der Waals surface area contributed by atoms with Gasteiger partial charge in [0, 0.05) is 14.2 Å². The normalized spacial score (nSPS) is 12.0. The van der Waals surface area contributed by atoms with Crippen molar-refractivity contribution in [1.29, 1.82) is 0 Å². The third-order valence-electron chi connectivity index (χ3n) is 2.19. The van der Waals surface area contributed by atoms with Gasteiger partial charge in [0.1, 0.15) is 0 Å². The molecule has 0 aliphatic heterocycles. The smallest absolute Gasteiger partial charge is 0.337 e. The zero-order valence-electron chi connectivity index (χ0n) is 8.55. The van der Waals surface area contributed by atoms with Crippen molar-refractivity contribution in [1.82, 2.24) is 0 Å². The number of rotatable bonds is 7. The number of thioether (sulfide) groups is 1. The van der Waals surface area contributed by atoms with Gasteiger partial charge >= 0.3 is 8.56 Å². The zero-order valence-corrected chi connectivity index (χ0v) is 10.4. The molecule has 12 heavy (non-hydrogen) atoms. The predicted molar refractivity (Wildman–Crippen MR) is 58.1 cm³/mol. The van der Waals surface area contributed by atoms with Gasteiger partial charge in [-0.1, -0.05) is 6.92 Å². The maximum atomic E-state index is 5.49. The van der Waals surface area contributed by atoms with E-state index in [0.29, 0.717) is 0 Å². The summed E-state index contributed by atoms with van der Waals surface area (Å²) in [6.45, 7) is 2.15. The summed E-state index contributed by atoms with van der Waals surface area (Å²) < 4.78 is 11.0. The lowest BCUT2D eigenvalue weighted by Gasteiger charge is -2.25. The summed E-state index contributed by atoms with van der Waals surface area (Å²) in [6, 6.07) is 2.17. The molecule has 0 rings (SSSR count). The minimum Gasteiger partial charge on any atom is -0.398 e. The largest absolute Gasteiger partial charge is 0.398 e. The highest BCUT2D eigenvalue weighted by Crippen LogP contribution is 2.19. The lowest BCUT2D eigenvalue weighted by molar-refractivity contribution is 0.242. The lowest BCUT2D eigenvalue weighted by atomic mass is 10.6. The monoisotopic (exact) mass is 208 g/mol. The van der Waals surface area contributed by atoms with E-state index in [4.69, 9.17) is 8.85 Å². The van der Waals surface area contributed by atoms with Gasteiger partial charge in [-0.25, -0.2) is 0 Å². The molecule has 0 radical (unpaired) electrons. The van der Waals surface area contributed by atoms with Gasteiger partial charge < -0.3 is 8.85 Å². The molecule has 0 saturated carbocycles. The van der Waals surface area contributed by atoms with E-state index >= 15 is 0 Å². The summed E-state index contributed by atoms with van der Waals surface area (Å²) in [7, 11) is 1.78. The van der Waals surface area contributed by atoms with Crippen LogP contribution in [0.25, 0.3) is 0 Å². The number of hydrogen-bond acceptors (Lipinski definition) is 3. The molecule has 0 bridgehead atoms. The van der Waals surface area contributed by atoms with Crippen LogP contribution in [0.5, 0.6) is 0 Å². The average Bonchev–Trinajstić information content (AvgIpc) is 2.14. The summed E-state index contributed by atoms with van der Waals surface area (Å²) in [5.74, 6) is 1.21. The molecule has 0 spiro atoms. The van der Waals surface area contributed by atoms with Crippen molar-refractivity contribution in [2.45, 2.75) is 25.4 Å². The maximum absolute atomic E-state index is 5.49. The van der Waals surface area contributed by atoms with Crippen LogP contribution < -0.4 is 0 Å². The second kappa shape index (κ2) is 6.94. The molecular formula is C8H20O2SSi. The SMILES string of the molecule is CC[Si](CCCSC)(OC)OC. The summed E-state index contributed by atoms with van der Waals surface area (Å²) >= 11 is 1.88. The van der Waals surface area contributed by atoms with Crippen LogP contribution in [0.4, 0.5) is 0 Å². The molecule has 0 unspecified atom stereocenters. The Bertz CT molecular complexity index is 99.0. The van der Waals surface area contributed by atoms with Crippen LogP contribution in [0, 0.1) is 0 Å². The quantitative estimate of drug-likeness (QED) is 0.473. The van der Waals surface area contributed by atoms with Gasteiger partial charge in [0.25, 0.3) is 0 Å². The minimum atomic E-state index is -1.77. The maximum Gasteiger partial charge on any atom is 0.337 e. The van der Waals surface area contributed by atoms with Crippen LogP contribution in [0.3, 0.4) is 0 Å². The third-order valence-corrected chi connectivity index (χ3v) is 6.57. The van der Waals surface area contributed by atoms with E-state index in [1.165, 1.54) is 12.2 Å². The van der Waals surface area contributed by atoms with E-state index in [1.54, 1.807) is 14.2 Å². The molecule has 0 aliphatic rings. The average molecular weight is 208 g/mol. The molecule has 0 atom stereocenters. The Hall–Kier alpha value is 0.487. The summed E-state index contributed by atoms with van der Waals surface area (Å²) in [4.78, 5) is 0. The molecule has 0 aliphatic carbocycles. The Morgan fingerprint density at radius 3 is 2.17 bits per heavy atom. The van der Waals surface area contributed by atoms with E-state index in [-0.39, 0.29) is 0 Å². The molecular weight excluding hydrogens is 188 g/mol.